The predicted octanol–water partition coefficient (Wildman–Crippen LogP) is -0.608. The molecule has 0 aromatic rings. The molecule has 2 heterocycles. The highest BCUT2D eigenvalue weighted by molar-refractivity contribution is 5.90. The van der Waals surface area contributed by atoms with Gasteiger partial charge in [-0.25, -0.2) is 0 Å². The van der Waals surface area contributed by atoms with E-state index in [1.807, 2.05) is 0 Å². The van der Waals surface area contributed by atoms with Crippen LogP contribution in [0.4, 0.5) is 0 Å². The third kappa shape index (κ3) is 3.00. The summed E-state index contributed by atoms with van der Waals surface area (Å²) in [6.07, 6.45) is 2.61. The summed E-state index contributed by atoms with van der Waals surface area (Å²) in [6, 6.07) is -0.167. The number of hydrogen-bond acceptors (Lipinski definition) is 3. The van der Waals surface area contributed by atoms with Crippen molar-refractivity contribution in [3.8, 4) is 0 Å². The van der Waals surface area contributed by atoms with Crippen LogP contribution in [0.15, 0.2) is 0 Å². The molecule has 18 heavy (non-hydrogen) atoms. The molecule has 0 spiro atoms. The zero-order valence-electron chi connectivity index (χ0n) is 10.6. The van der Waals surface area contributed by atoms with Gasteiger partial charge in [0, 0.05) is 32.5 Å². The van der Waals surface area contributed by atoms with Crippen molar-refractivity contribution >= 4 is 17.7 Å². The molecular formula is C12H19N3O3. The Labute approximate surface area is 106 Å². The molecule has 2 N–H and O–H groups in total. The zero-order valence-corrected chi connectivity index (χ0v) is 10.6. The number of amides is 3. The molecule has 1 atom stereocenters. The van der Waals surface area contributed by atoms with Crippen molar-refractivity contribution in [3.63, 3.8) is 0 Å². The van der Waals surface area contributed by atoms with E-state index in [1.54, 1.807) is 4.90 Å². The molecule has 0 aliphatic carbocycles. The minimum atomic E-state index is -0.338. The molecule has 0 aromatic carbocycles. The molecule has 3 amide bonds. The molecule has 6 heteroatoms. The number of nitrogens with one attached hydrogen (secondary N) is 2. The van der Waals surface area contributed by atoms with Crippen molar-refractivity contribution in [2.24, 2.45) is 0 Å². The molecule has 0 saturated carbocycles. The maximum absolute atomic E-state index is 12.1. The van der Waals surface area contributed by atoms with Crippen LogP contribution in [0, 0.1) is 0 Å². The summed E-state index contributed by atoms with van der Waals surface area (Å²) in [6.45, 7) is 2.80. The zero-order chi connectivity index (χ0) is 13.1. The van der Waals surface area contributed by atoms with Crippen LogP contribution in [0.5, 0.6) is 0 Å². The maximum Gasteiger partial charge on any atom is 0.245 e. The van der Waals surface area contributed by atoms with E-state index < -0.39 is 0 Å². The Morgan fingerprint density at radius 2 is 1.94 bits per heavy atom. The van der Waals surface area contributed by atoms with E-state index in [9.17, 15) is 14.4 Å². The topological polar surface area (TPSA) is 78.5 Å². The molecule has 0 radical (unpaired) electrons. The molecular weight excluding hydrogens is 234 g/mol. The van der Waals surface area contributed by atoms with Gasteiger partial charge in [0.1, 0.15) is 6.04 Å². The fourth-order valence-corrected chi connectivity index (χ4v) is 2.55. The number of carbonyl (C=O) groups is 3. The first kappa shape index (κ1) is 12.9. The Morgan fingerprint density at radius 3 is 2.44 bits per heavy atom. The number of nitrogens with zero attached hydrogens (tertiary/aromatic N) is 1. The lowest BCUT2D eigenvalue weighted by molar-refractivity contribution is -0.135. The summed E-state index contributed by atoms with van der Waals surface area (Å²) in [5.41, 5.74) is 0. The van der Waals surface area contributed by atoms with Crippen molar-refractivity contribution in [1.29, 1.82) is 0 Å². The lowest BCUT2D eigenvalue weighted by Gasteiger charge is -2.33. The van der Waals surface area contributed by atoms with Crippen LogP contribution in [0.1, 0.15) is 32.6 Å². The average molecular weight is 253 g/mol. The van der Waals surface area contributed by atoms with Gasteiger partial charge in [-0.15, -0.1) is 0 Å². The van der Waals surface area contributed by atoms with Crippen molar-refractivity contribution in [2.75, 3.05) is 13.1 Å². The van der Waals surface area contributed by atoms with Gasteiger partial charge in [0.05, 0.1) is 0 Å². The van der Waals surface area contributed by atoms with E-state index in [1.165, 1.54) is 6.92 Å². The van der Waals surface area contributed by atoms with E-state index in [0.29, 0.717) is 25.9 Å². The highest BCUT2D eigenvalue weighted by Crippen LogP contribution is 2.15. The first-order chi connectivity index (χ1) is 8.56. The molecule has 6 nitrogen and oxygen atoms in total. The highest BCUT2D eigenvalue weighted by Gasteiger charge is 2.32. The van der Waals surface area contributed by atoms with Gasteiger partial charge in [0.2, 0.25) is 17.7 Å². The number of piperidine rings is 1. The van der Waals surface area contributed by atoms with Crippen molar-refractivity contribution in [1.82, 2.24) is 15.5 Å². The van der Waals surface area contributed by atoms with Crippen LogP contribution in [0.3, 0.4) is 0 Å². The normalized spacial score (nSPS) is 24.8. The number of rotatable bonds is 2. The lowest BCUT2D eigenvalue weighted by atomic mass is 10.0. The summed E-state index contributed by atoms with van der Waals surface area (Å²) in [4.78, 5) is 35.9. The molecule has 2 fully saturated rings. The van der Waals surface area contributed by atoms with Crippen molar-refractivity contribution in [2.45, 2.75) is 44.7 Å². The fraction of sp³-hybridized carbons (Fsp3) is 0.750. The SMILES string of the molecule is CC(=O)NC1CCN(C(=O)C2CCC(=O)N2)CC1. The summed E-state index contributed by atoms with van der Waals surface area (Å²) in [5.74, 6) is -0.0496. The minimum Gasteiger partial charge on any atom is -0.353 e. The van der Waals surface area contributed by atoms with Crippen LogP contribution < -0.4 is 10.6 Å². The minimum absolute atomic E-state index is 0.0159. The Morgan fingerprint density at radius 1 is 1.28 bits per heavy atom. The van der Waals surface area contributed by atoms with E-state index in [-0.39, 0.29) is 29.8 Å². The molecule has 2 saturated heterocycles. The van der Waals surface area contributed by atoms with Crippen LogP contribution in [0.25, 0.3) is 0 Å². The molecule has 2 aliphatic rings. The summed E-state index contributed by atoms with van der Waals surface area (Å²) >= 11 is 0. The van der Waals surface area contributed by atoms with Gasteiger partial charge in [-0.3, -0.25) is 14.4 Å². The number of hydrogen-bond donors (Lipinski definition) is 2. The largest absolute Gasteiger partial charge is 0.353 e. The van der Waals surface area contributed by atoms with Gasteiger partial charge < -0.3 is 15.5 Å². The van der Waals surface area contributed by atoms with E-state index >= 15 is 0 Å². The second kappa shape index (κ2) is 5.37. The Balaban J connectivity index is 1.80. The summed E-state index contributed by atoms with van der Waals surface area (Å²) in [5, 5.41) is 5.57. The van der Waals surface area contributed by atoms with Crippen molar-refractivity contribution < 1.29 is 14.4 Å². The second-order valence-electron chi connectivity index (χ2n) is 4.96. The number of likely N-dealkylation sites (tertiary alicyclic amines) is 1. The monoisotopic (exact) mass is 253 g/mol. The molecule has 1 unspecified atom stereocenters. The van der Waals surface area contributed by atoms with Crippen LogP contribution >= 0.6 is 0 Å². The van der Waals surface area contributed by atoms with Crippen LogP contribution in [0.2, 0.25) is 0 Å². The Kier molecular flexibility index (Phi) is 3.84. The second-order valence-corrected chi connectivity index (χ2v) is 4.96. The number of carbonyl (C=O) groups excluding carboxylic acids is 3. The molecule has 0 bridgehead atoms. The lowest BCUT2D eigenvalue weighted by Crippen LogP contribution is -2.50. The quantitative estimate of drug-likeness (QED) is 0.689. The Bertz CT molecular complexity index is 362. The van der Waals surface area contributed by atoms with Gasteiger partial charge in [0.25, 0.3) is 0 Å². The molecule has 2 aliphatic heterocycles. The standard InChI is InChI=1S/C12H19N3O3/c1-8(16)13-9-4-6-15(7-5-9)12(18)10-2-3-11(17)14-10/h9-10H,2-7H2,1H3,(H,13,16)(H,14,17). The van der Waals surface area contributed by atoms with Crippen molar-refractivity contribution in [3.05, 3.63) is 0 Å². The molecule has 0 aromatic heterocycles. The maximum atomic E-state index is 12.1. The van der Waals surface area contributed by atoms with Crippen LogP contribution in [-0.4, -0.2) is 47.8 Å². The van der Waals surface area contributed by atoms with E-state index in [0.717, 1.165) is 12.8 Å². The first-order valence-electron chi connectivity index (χ1n) is 6.41. The third-order valence-electron chi connectivity index (χ3n) is 3.51. The average Bonchev–Trinajstić information content (AvgIpc) is 2.75. The molecule has 100 valence electrons. The summed E-state index contributed by atoms with van der Waals surface area (Å²) < 4.78 is 0. The summed E-state index contributed by atoms with van der Waals surface area (Å²) in [7, 11) is 0. The highest BCUT2D eigenvalue weighted by atomic mass is 16.2. The fourth-order valence-electron chi connectivity index (χ4n) is 2.55. The first-order valence-corrected chi connectivity index (χ1v) is 6.41. The smallest absolute Gasteiger partial charge is 0.245 e. The van der Waals surface area contributed by atoms with Gasteiger partial charge in [-0.2, -0.15) is 0 Å². The van der Waals surface area contributed by atoms with E-state index in [2.05, 4.69) is 10.6 Å². The van der Waals surface area contributed by atoms with Gasteiger partial charge in [0.15, 0.2) is 0 Å². The van der Waals surface area contributed by atoms with Gasteiger partial charge >= 0.3 is 0 Å². The Hall–Kier alpha value is -1.59. The molecule has 2 rings (SSSR count). The third-order valence-corrected chi connectivity index (χ3v) is 3.51. The van der Waals surface area contributed by atoms with Gasteiger partial charge in [-0.1, -0.05) is 0 Å². The predicted molar refractivity (Wildman–Crippen MR) is 64.6 cm³/mol. The van der Waals surface area contributed by atoms with Crippen LogP contribution in [-0.2, 0) is 14.4 Å². The van der Waals surface area contributed by atoms with Gasteiger partial charge in [-0.05, 0) is 19.3 Å². The van der Waals surface area contributed by atoms with E-state index in [4.69, 9.17) is 0 Å².